The molecule has 1 aliphatic rings. The highest BCUT2D eigenvalue weighted by Gasteiger charge is 2.31. The zero-order valence-electron chi connectivity index (χ0n) is 13.9. The zero-order chi connectivity index (χ0) is 17.7. The maximum absolute atomic E-state index is 13.0. The van der Waals surface area contributed by atoms with E-state index in [9.17, 15) is 9.59 Å². The van der Waals surface area contributed by atoms with Crippen molar-refractivity contribution in [1.29, 1.82) is 0 Å². The topological polar surface area (TPSA) is 55.2 Å². The van der Waals surface area contributed by atoms with Crippen molar-refractivity contribution in [2.45, 2.75) is 13.8 Å². The number of hydrogen-bond acceptors (Lipinski definition) is 4. The van der Waals surface area contributed by atoms with Crippen LogP contribution in [0.4, 0.5) is 5.69 Å². The van der Waals surface area contributed by atoms with Crippen LogP contribution in [0, 0.1) is 0 Å². The van der Waals surface area contributed by atoms with Crippen LogP contribution in [0.15, 0.2) is 41.2 Å². The number of ketones is 1. The molecule has 0 N–H and O–H groups in total. The summed E-state index contributed by atoms with van der Waals surface area (Å²) in [5, 5.41) is 0.993. The summed E-state index contributed by atoms with van der Waals surface area (Å²) >= 11 is 6.41. The van der Waals surface area contributed by atoms with Crippen LogP contribution >= 0.6 is 11.6 Å². The maximum atomic E-state index is 13.0. The van der Waals surface area contributed by atoms with Crippen molar-refractivity contribution in [3.8, 4) is 5.69 Å². The van der Waals surface area contributed by atoms with E-state index in [1.165, 1.54) is 4.57 Å². The Hall–Kier alpha value is -2.66. The molecule has 0 saturated carbocycles. The summed E-state index contributed by atoms with van der Waals surface area (Å²) in [6.07, 6.45) is 0. The Morgan fingerprint density at radius 2 is 1.84 bits per heavy atom. The average molecular weight is 354 g/mol. The van der Waals surface area contributed by atoms with Gasteiger partial charge in [-0.05, 0) is 38.1 Å². The number of fused-ring (bicyclic) bond motifs is 4. The van der Waals surface area contributed by atoms with E-state index in [0.717, 1.165) is 18.8 Å². The highest BCUT2D eigenvalue weighted by Crippen LogP contribution is 2.35. The summed E-state index contributed by atoms with van der Waals surface area (Å²) in [6, 6.07) is 10.5. The third-order valence-corrected chi connectivity index (χ3v) is 4.94. The minimum atomic E-state index is -0.272. The summed E-state index contributed by atoms with van der Waals surface area (Å²) in [5.74, 6) is -0.127. The van der Waals surface area contributed by atoms with Crippen molar-refractivity contribution >= 4 is 34.0 Å². The van der Waals surface area contributed by atoms with Crippen LogP contribution in [0.1, 0.15) is 30.0 Å². The summed E-state index contributed by atoms with van der Waals surface area (Å²) in [5.41, 5.74) is 2.07. The molecule has 0 amide bonds. The van der Waals surface area contributed by atoms with Gasteiger partial charge in [-0.3, -0.25) is 14.2 Å². The van der Waals surface area contributed by atoms with E-state index >= 15 is 0 Å². The number of aromatic nitrogens is 2. The summed E-state index contributed by atoms with van der Waals surface area (Å²) in [4.78, 5) is 32.2. The molecule has 0 spiro atoms. The molecule has 2 aromatic carbocycles. The number of halogens is 1. The summed E-state index contributed by atoms with van der Waals surface area (Å²) in [6.45, 7) is 5.63. The number of rotatable bonds is 3. The fourth-order valence-electron chi connectivity index (χ4n) is 3.35. The number of nitrogens with zero attached hydrogens (tertiary/aromatic N) is 3. The standard InChI is InChI=1S/C19H16ClN3O2/c1-3-22(4-2)16-10-15-12(9-13(16)20)17(24)18-21-14-8-6-5-7-11(14)19(25)23(15)18/h5-10H,3-4H2,1-2H3. The lowest BCUT2D eigenvalue weighted by Gasteiger charge is -2.23. The van der Waals surface area contributed by atoms with Crippen molar-refractivity contribution in [2.75, 3.05) is 18.0 Å². The molecule has 0 atom stereocenters. The SMILES string of the molecule is CCN(CC)c1cc2c(cc1Cl)C(=O)c1nc3ccccc3c(=O)n1-2. The molecule has 1 aliphatic heterocycles. The fraction of sp³-hybridized carbons (Fsp3) is 0.211. The van der Waals surface area contributed by atoms with E-state index < -0.39 is 0 Å². The van der Waals surface area contributed by atoms with Crippen LogP contribution in [-0.2, 0) is 0 Å². The normalized spacial score (nSPS) is 12.4. The smallest absolute Gasteiger partial charge is 0.266 e. The fourth-order valence-corrected chi connectivity index (χ4v) is 3.64. The molecule has 2 heterocycles. The molecule has 0 radical (unpaired) electrons. The van der Waals surface area contributed by atoms with Crippen LogP contribution < -0.4 is 10.5 Å². The van der Waals surface area contributed by atoms with Crippen molar-refractivity contribution < 1.29 is 4.79 Å². The molecule has 5 nitrogen and oxygen atoms in total. The van der Waals surface area contributed by atoms with Crippen molar-refractivity contribution in [2.24, 2.45) is 0 Å². The van der Waals surface area contributed by atoms with Gasteiger partial charge in [0.25, 0.3) is 5.56 Å². The number of hydrogen-bond donors (Lipinski definition) is 0. The second-order valence-corrected chi connectivity index (χ2v) is 6.32. The number of carbonyl (C=O) groups is 1. The molecule has 0 unspecified atom stereocenters. The van der Waals surface area contributed by atoms with Crippen molar-refractivity contribution in [1.82, 2.24) is 9.55 Å². The van der Waals surface area contributed by atoms with Gasteiger partial charge in [-0.1, -0.05) is 23.7 Å². The third-order valence-electron chi connectivity index (χ3n) is 4.63. The minimum absolute atomic E-state index is 0.145. The van der Waals surface area contributed by atoms with E-state index in [1.807, 2.05) is 19.9 Å². The Morgan fingerprint density at radius 3 is 2.56 bits per heavy atom. The van der Waals surface area contributed by atoms with Gasteiger partial charge in [-0.25, -0.2) is 4.98 Å². The first-order chi connectivity index (χ1) is 12.1. The zero-order valence-corrected chi connectivity index (χ0v) is 14.7. The van der Waals surface area contributed by atoms with Crippen LogP contribution in [0.2, 0.25) is 5.02 Å². The Balaban J connectivity index is 2.05. The van der Waals surface area contributed by atoms with Crippen LogP contribution in [0.3, 0.4) is 0 Å². The molecule has 0 aliphatic carbocycles. The van der Waals surface area contributed by atoms with Gasteiger partial charge in [0, 0.05) is 13.1 Å². The first-order valence-corrected chi connectivity index (χ1v) is 8.60. The number of carbonyl (C=O) groups excluding carboxylic acids is 1. The monoisotopic (exact) mass is 353 g/mol. The minimum Gasteiger partial charge on any atom is -0.371 e. The van der Waals surface area contributed by atoms with Gasteiger partial charge in [0.15, 0.2) is 5.82 Å². The predicted molar refractivity (Wildman–Crippen MR) is 99.3 cm³/mol. The molecule has 4 rings (SSSR count). The summed E-state index contributed by atoms with van der Waals surface area (Å²) < 4.78 is 1.41. The van der Waals surface area contributed by atoms with E-state index in [4.69, 9.17) is 11.6 Å². The lowest BCUT2D eigenvalue weighted by Crippen LogP contribution is -2.23. The lowest BCUT2D eigenvalue weighted by molar-refractivity contribution is 0.103. The van der Waals surface area contributed by atoms with Gasteiger partial charge in [0.2, 0.25) is 5.78 Å². The number of benzene rings is 2. The number of para-hydroxylation sites is 1. The highest BCUT2D eigenvalue weighted by atomic mass is 35.5. The molecular formula is C19H16ClN3O2. The molecule has 0 saturated heterocycles. The third kappa shape index (κ3) is 2.19. The van der Waals surface area contributed by atoms with Crippen molar-refractivity contribution in [3.05, 3.63) is 63.2 Å². The van der Waals surface area contributed by atoms with Crippen LogP contribution in [-0.4, -0.2) is 28.4 Å². The molecule has 0 bridgehead atoms. The molecule has 6 heteroatoms. The van der Waals surface area contributed by atoms with Gasteiger partial charge in [-0.2, -0.15) is 0 Å². The largest absolute Gasteiger partial charge is 0.371 e. The molecule has 0 fully saturated rings. The van der Waals surface area contributed by atoms with E-state index in [-0.39, 0.29) is 17.2 Å². The van der Waals surface area contributed by atoms with Gasteiger partial charge in [0.1, 0.15) is 0 Å². The molecule has 3 aromatic rings. The molecule has 1 aromatic heterocycles. The Kier molecular flexibility index (Phi) is 3.62. The first kappa shape index (κ1) is 15.8. The lowest BCUT2D eigenvalue weighted by atomic mass is 10.1. The van der Waals surface area contributed by atoms with E-state index in [0.29, 0.717) is 27.2 Å². The predicted octanol–water partition coefficient (Wildman–Crippen LogP) is 3.43. The highest BCUT2D eigenvalue weighted by molar-refractivity contribution is 6.34. The van der Waals surface area contributed by atoms with E-state index in [1.54, 1.807) is 30.3 Å². The number of anilines is 1. The van der Waals surface area contributed by atoms with Crippen LogP contribution in [0.25, 0.3) is 16.6 Å². The van der Waals surface area contributed by atoms with E-state index in [2.05, 4.69) is 9.88 Å². The van der Waals surface area contributed by atoms with Gasteiger partial charge < -0.3 is 4.90 Å². The second kappa shape index (κ2) is 5.70. The van der Waals surface area contributed by atoms with Crippen LogP contribution in [0.5, 0.6) is 0 Å². The van der Waals surface area contributed by atoms with Gasteiger partial charge in [0.05, 0.1) is 32.9 Å². The Labute approximate surface area is 149 Å². The first-order valence-electron chi connectivity index (χ1n) is 8.22. The molecular weight excluding hydrogens is 338 g/mol. The van der Waals surface area contributed by atoms with Gasteiger partial charge >= 0.3 is 0 Å². The second-order valence-electron chi connectivity index (χ2n) is 5.92. The van der Waals surface area contributed by atoms with Gasteiger partial charge in [-0.15, -0.1) is 0 Å². The average Bonchev–Trinajstić information content (AvgIpc) is 2.89. The Morgan fingerprint density at radius 1 is 1.12 bits per heavy atom. The maximum Gasteiger partial charge on any atom is 0.266 e. The van der Waals surface area contributed by atoms with Crippen molar-refractivity contribution in [3.63, 3.8) is 0 Å². The summed E-state index contributed by atoms with van der Waals surface area (Å²) in [7, 11) is 0. The molecule has 126 valence electrons. The molecule has 25 heavy (non-hydrogen) atoms. The quantitative estimate of drug-likeness (QED) is 0.566. The Bertz CT molecular complexity index is 1080.